The summed E-state index contributed by atoms with van der Waals surface area (Å²) in [6.07, 6.45) is 3.04. The van der Waals surface area contributed by atoms with Gasteiger partial charge in [0.05, 0.1) is 12.6 Å². The predicted octanol–water partition coefficient (Wildman–Crippen LogP) is 3.27. The van der Waals surface area contributed by atoms with E-state index in [4.69, 9.17) is 0 Å². The number of aliphatic hydroxyl groups excluding tert-OH is 1. The minimum absolute atomic E-state index is 0.0229. The summed E-state index contributed by atoms with van der Waals surface area (Å²) >= 11 is 0. The lowest BCUT2D eigenvalue weighted by molar-refractivity contribution is -0.157. The molecule has 0 aromatic rings. The molecule has 0 aromatic carbocycles. The third-order valence-corrected chi connectivity index (χ3v) is 16.1. The lowest BCUT2D eigenvalue weighted by atomic mass is 9.91. The van der Waals surface area contributed by atoms with Crippen molar-refractivity contribution in [2.45, 2.75) is 223 Å². The molecule has 0 aliphatic carbocycles. The molecule has 23 heteroatoms. The maximum atomic E-state index is 15.1. The second kappa shape index (κ2) is 34.9. The van der Waals surface area contributed by atoms with Gasteiger partial charge in [-0.3, -0.25) is 52.7 Å². The molecule has 1 heterocycles. The maximum absolute atomic E-state index is 15.1. The van der Waals surface area contributed by atoms with Crippen molar-refractivity contribution in [3.63, 3.8) is 0 Å². The van der Waals surface area contributed by atoms with Crippen LogP contribution in [0.15, 0.2) is 12.2 Å². The first-order chi connectivity index (χ1) is 39.2. The van der Waals surface area contributed by atoms with Crippen molar-refractivity contribution in [2.24, 2.45) is 41.4 Å². The molecular weight excluding hydrogens is 1090 g/mol. The Morgan fingerprint density at radius 2 is 0.871 bits per heavy atom. The number of nitrogens with one attached hydrogen (secondary N) is 4. The molecule has 1 fully saturated rings. The SMILES string of the molecule is C/C=C/C[C@@H](C)[C@@H](O)[C@@H]1C(=O)N[C@H](CC)C(=O)N(C)CC(=O)N(C)[C@@H](CC(C)C)C(=O)N[C@H](C(C)C)C(=O)N(C)[C@H](CC(C)C)C(=O)N[C@H](C)C(=O)N[C@@H](C)C(=O)N(C)[C@H](CC(C)C)C(=O)N(C)[C@H](CC(C)C)C(=O)N(C)[C@H](C(C)C)C(=O)N1C. The van der Waals surface area contributed by atoms with Crippen LogP contribution in [-0.2, 0) is 52.7 Å². The molecule has 85 heavy (non-hydrogen) atoms. The summed E-state index contributed by atoms with van der Waals surface area (Å²) in [5.41, 5.74) is 0. The summed E-state index contributed by atoms with van der Waals surface area (Å²) in [6.45, 7) is 29.3. The number of allylic oxidation sites excluding steroid dienone is 2. The van der Waals surface area contributed by atoms with Crippen molar-refractivity contribution in [2.75, 3.05) is 55.9 Å². The maximum Gasteiger partial charge on any atom is 0.246 e. The Hall–Kier alpha value is -6.13. The van der Waals surface area contributed by atoms with E-state index >= 15 is 9.59 Å². The van der Waals surface area contributed by atoms with E-state index < -0.39 is 156 Å². The van der Waals surface area contributed by atoms with Crippen LogP contribution in [0.3, 0.4) is 0 Å². The standard InChI is InChI=1S/C62H111N11O12/c1-25-27-28-40(15)52(75)51-56(79)65-43(26-2)58(81)67(18)33-48(74)68(19)44(29-34(3)4)55(78)66-49(38(11)12)61(84)69(20)45(30-35(5)6)54(77)63-41(16)53(76)64-42(17)57(80)70(21)46(31-36(7)8)59(82)71(22)47(32-37(9)10)60(83)72(23)50(39(13)14)62(85)73(51)24/h25,27,34-47,49-52,75H,26,28-33H2,1-24H3,(H,63,77)(H,64,76)(H,65,79)(H,66,78)/b27-25+/t40-,41-,42+,43-,44+,45-,46-,47-,49-,50-,51-,52-/m1/s1. The molecule has 0 aromatic heterocycles. The van der Waals surface area contributed by atoms with Crippen molar-refractivity contribution < 1.29 is 57.8 Å². The number of carbonyl (C=O) groups is 11. The Balaban J connectivity index is 4.32. The third kappa shape index (κ3) is 21.7. The van der Waals surface area contributed by atoms with Gasteiger partial charge >= 0.3 is 0 Å². The first-order valence-corrected chi connectivity index (χ1v) is 30.6. The number of nitrogens with zero attached hydrogens (tertiary/aromatic N) is 7. The first-order valence-electron chi connectivity index (χ1n) is 30.6. The molecule has 23 nitrogen and oxygen atoms in total. The summed E-state index contributed by atoms with van der Waals surface area (Å²) in [5.74, 6) is -9.71. The van der Waals surface area contributed by atoms with Crippen LogP contribution in [0.4, 0.5) is 0 Å². The Morgan fingerprint density at radius 3 is 1.32 bits per heavy atom. The van der Waals surface area contributed by atoms with Crippen molar-refractivity contribution in [1.82, 2.24) is 55.6 Å². The second-order valence-corrected chi connectivity index (χ2v) is 26.1. The van der Waals surface area contributed by atoms with Gasteiger partial charge in [0.2, 0.25) is 65.0 Å². The van der Waals surface area contributed by atoms with Gasteiger partial charge < -0.3 is 60.7 Å². The zero-order valence-corrected chi connectivity index (χ0v) is 56.1. The van der Waals surface area contributed by atoms with Crippen LogP contribution in [0.2, 0.25) is 0 Å². The minimum Gasteiger partial charge on any atom is -0.390 e. The van der Waals surface area contributed by atoms with Gasteiger partial charge in [-0.15, -0.1) is 0 Å². The predicted molar refractivity (Wildman–Crippen MR) is 328 cm³/mol. The molecule has 1 aliphatic heterocycles. The molecule has 0 radical (unpaired) electrons. The molecule has 11 amide bonds. The fourth-order valence-electron chi connectivity index (χ4n) is 10.7. The Morgan fingerprint density at radius 1 is 0.459 bits per heavy atom. The van der Waals surface area contributed by atoms with E-state index in [1.54, 1.807) is 54.5 Å². The number of carbonyl (C=O) groups excluding carboxylic acids is 11. The minimum atomic E-state index is -1.61. The Bertz CT molecular complexity index is 2330. The summed E-state index contributed by atoms with van der Waals surface area (Å²) < 4.78 is 0. The fourth-order valence-corrected chi connectivity index (χ4v) is 10.7. The van der Waals surface area contributed by atoms with Gasteiger partial charge in [0, 0.05) is 49.3 Å². The molecular formula is C62H111N11O12. The van der Waals surface area contributed by atoms with Gasteiger partial charge in [-0.05, 0) is 101 Å². The van der Waals surface area contributed by atoms with Crippen molar-refractivity contribution in [3.8, 4) is 0 Å². The lowest BCUT2D eigenvalue weighted by Crippen LogP contribution is -2.63. The van der Waals surface area contributed by atoms with Gasteiger partial charge in [0.15, 0.2) is 0 Å². The van der Waals surface area contributed by atoms with Crippen LogP contribution in [-0.4, -0.2) is 227 Å². The molecule has 0 saturated carbocycles. The molecule has 5 N–H and O–H groups in total. The fraction of sp³-hybridized carbons (Fsp3) is 0.790. The molecule has 0 spiro atoms. The average molecular weight is 1200 g/mol. The molecule has 1 saturated heterocycles. The summed E-state index contributed by atoms with van der Waals surface area (Å²) in [6, 6.07) is -12.3. The van der Waals surface area contributed by atoms with E-state index in [0.717, 1.165) is 9.80 Å². The molecule has 1 aliphatic rings. The van der Waals surface area contributed by atoms with E-state index in [-0.39, 0.29) is 55.8 Å². The highest BCUT2D eigenvalue weighted by Crippen LogP contribution is 2.26. The number of likely N-dealkylation sites (N-methyl/N-ethyl adjacent to an activating group) is 7. The van der Waals surface area contributed by atoms with Crippen LogP contribution in [0, 0.1) is 41.4 Å². The van der Waals surface area contributed by atoms with E-state index in [1.807, 2.05) is 61.5 Å². The number of hydrogen-bond acceptors (Lipinski definition) is 12. The second-order valence-electron chi connectivity index (χ2n) is 26.1. The van der Waals surface area contributed by atoms with Gasteiger partial charge in [-0.25, -0.2) is 0 Å². The van der Waals surface area contributed by atoms with Gasteiger partial charge in [-0.2, -0.15) is 0 Å². The highest BCUT2D eigenvalue weighted by molar-refractivity contribution is 5.99. The van der Waals surface area contributed by atoms with E-state index in [9.17, 15) is 48.3 Å². The van der Waals surface area contributed by atoms with Crippen LogP contribution in [0.5, 0.6) is 0 Å². The summed E-state index contributed by atoms with van der Waals surface area (Å²) in [5, 5.41) is 23.1. The van der Waals surface area contributed by atoms with Crippen LogP contribution >= 0.6 is 0 Å². The number of aliphatic hydroxyl groups is 1. The van der Waals surface area contributed by atoms with E-state index in [2.05, 4.69) is 21.3 Å². The van der Waals surface area contributed by atoms with Crippen molar-refractivity contribution in [3.05, 3.63) is 12.2 Å². The molecule has 0 bridgehead atoms. The number of hydrogen-bond donors (Lipinski definition) is 5. The molecule has 12 atom stereocenters. The quantitative estimate of drug-likeness (QED) is 0.148. The zero-order chi connectivity index (χ0) is 66.0. The normalized spacial score (nSPS) is 26.9. The van der Waals surface area contributed by atoms with Gasteiger partial charge in [-0.1, -0.05) is 109 Å². The van der Waals surface area contributed by atoms with Crippen molar-refractivity contribution >= 4 is 65.0 Å². The monoisotopic (exact) mass is 1200 g/mol. The van der Waals surface area contributed by atoms with Crippen LogP contribution in [0.1, 0.15) is 156 Å². The van der Waals surface area contributed by atoms with E-state index in [0.29, 0.717) is 6.42 Å². The summed E-state index contributed by atoms with van der Waals surface area (Å²) in [4.78, 5) is 169. The van der Waals surface area contributed by atoms with Crippen LogP contribution < -0.4 is 21.3 Å². The van der Waals surface area contributed by atoms with Crippen LogP contribution in [0.25, 0.3) is 0 Å². The first kappa shape index (κ1) is 76.9. The molecule has 1 rings (SSSR count). The summed E-state index contributed by atoms with van der Waals surface area (Å²) in [7, 11) is 9.92. The Labute approximate surface area is 508 Å². The third-order valence-electron chi connectivity index (χ3n) is 16.1. The van der Waals surface area contributed by atoms with Gasteiger partial charge in [0.25, 0.3) is 0 Å². The number of rotatable bonds is 15. The Kier molecular flexibility index (Phi) is 31.5. The largest absolute Gasteiger partial charge is 0.390 e. The van der Waals surface area contributed by atoms with Crippen molar-refractivity contribution in [1.29, 1.82) is 0 Å². The highest BCUT2D eigenvalue weighted by atomic mass is 16.3. The van der Waals surface area contributed by atoms with E-state index in [1.165, 1.54) is 87.7 Å². The highest BCUT2D eigenvalue weighted by Gasteiger charge is 2.45. The molecule has 486 valence electrons. The smallest absolute Gasteiger partial charge is 0.246 e. The zero-order valence-electron chi connectivity index (χ0n) is 56.1. The topological polar surface area (TPSA) is 279 Å². The molecule has 0 unspecified atom stereocenters. The lowest BCUT2D eigenvalue weighted by Gasteiger charge is -2.41. The van der Waals surface area contributed by atoms with Gasteiger partial charge in [0.1, 0.15) is 60.4 Å². The number of amides is 11. The average Bonchev–Trinajstić information content (AvgIpc) is 3.62.